The van der Waals surface area contributed by atoms with E-state index in [0.717, 1.165) is 25.8 Å². The van der Waals surface area contributed by atoms with Gasteiger partial charge in [-0.05, 0) is 59.4 Å². The van der Waals surface area contributed by atoms with Crippen LogP contribution in [-0.4, -0.2) is 12.6 Å². The summed E-state index contributed by atoms with van der Waals surface area (Å²) >= 11 is 2.97. The highest BCUT2D eigenvalue weighted by Gasteiger charge is 2.07. The molecule has 0 spiro atoms. The fourth-order valence-electron chi connectivity index (χ4n) is 1.76. The molecule has 0 heterocycles. The second-order valence-corrected chi connectivity index (χ2v) is 5.63. The van der Waals surface area contributed by atoms with Crippen LogP contribution in [-0.2, 0) is 6.42 Å². The summed E-state index contributed by atoms with van der Waals surface area (Å²) < 4.78 is 26.9. The summed E-state index contributed by atoms with van der Waals surface area (Å²) in [6, 6.07) is 2.99. The van der Waals surface area contributed by atoms with Gasteiger partial charge >= 0.3 is 0 Å². The van der Waals surface area contributed by atoms with Gasteiger partial charge in [0.1, 0.15) is 11.6 Å². The molecule has 0 saturated heterocycles. The Kier molecular flexibility index (Phi) is 6.79. The molecule has 0 atom stereocenters. The molecular formula is C14H20BrF2N. The zero-order valence-corrected chi connectivity index (χ0v) is 12.5. The zero-order valence-electron chi connectivity index (χ0n) is 10.9. The van der Waals surface area contributed by atoms with Crippen molar-refractivity contribution in [2.75, 3.05) is 6.54 Å². The molecule has 1 aromatic rings. The third-order valence-electron chi connectivity index (χ3n) is 2.76. The number of hydrogen-bond acceptors (Lipinski definition) is 1. The van der Waals surface area contributed by atoms with Gasteiger partial charge in [-0.1, -0.05) is 20.3 Å². The van der Waals surface area contributed by atoms with E-state index in [9.17, 15) is 8.78 Å². The summed E-state index contributed by atoms with van der Waals surface area (Å²) in [5, 5.41) is 3.33. The van der Waals surface area contributed by atoms with Crippen molar-refractivity contribution in [2.45, 2.75) is 45.6 Å². The van der Waals surface area contributed by atoms with Crippen LogP contribution in [0.5, 0.6) is 0 Å². The quantitative estimate of drug-likeness (QED) is 0.578. The third kappa shape index (κ3) is 5.44. The second-order valence-electron chi connectivity index (χ2n) is 4.78. The van der Waals surface area contributed by atoms with E-state index in [1.54, 1.807) is 0 Å². The van der Waals surface area contributed by atoms with Gasteiger partial charge in [-0.2, -0.15) is 0 Å². The van der Waals surface area contributed by atoms with E-state index in [4.69, 9.17) is 0 Å². The first-order chi connectivity index (χ1) is 8.50. The van der Waals surface area contributed by atoms with Gasteiger partial charge < -0.3 is 5.32 Å². The minimum Gasteiger partial charge on any atom is -0.315 e. The van der Waals surface area contributed by atoms with Crippen LogP contribution in [0.1, 0.15) is 38.7 Å². The lowest BCUT2D eigenvalue weighted by atomic mass is 10.1. The summed E-state index contributed by atoms with van der Waals surface area (Å²) in [7, 11) is 0. The van der Waals surface area contributed by atoms with Crippen LogP contribution in [0.15, 0.2) is 16.6 Å². The van der Waals surface area contributed by atoms with Crippen LogP contribution in [0.2, 0.25) is 0 Å². The Bertz CT molecular complexity index is 380. The predicted octanol–water partition coefficient (Wildman–Crippen LogP) is 4.44. The molecule has 0 radical (unpaired) electrons. The topological polar surface area (TPSA) is 12.0 Å². The molecule has 4 heteroatoms. The highest BCUT2D eigenvalue weighted by molar-refractivity contribution is 9.10. The van der Waals surface area contributed by atoms with Crippen molar-refractivity contribution in [1.82, 2.24) is 5.32 Å². The van der Waals surface area contributed by atoms with Crippen molar-refractivity contribution in [3.8, 4) is 0 Å². The van der Waals surface area contributed by atoms with Gasteiger partial charge in [0.25, 0.3) is 0 Å². The summed E-state index contributed by atoms with van der Waals surface area (Å²) in [5.41, 5.74) is 0.465. The molecule has 1 aromatic carbocycles. The summed E-state index contributed by atoms with van der Waals surface area (Å²) in [6.45, 7) is 5.20. The molecule has 1 rings (SSSR count). The molecule has 0 bridgehead atoms. The molecular weight excluding hydrogens is 300 g/mol. The SMILES string of the molecule is CC(C)NCCCCCc1cc(F)c(Br)cc1F. The van der Waals surface area contributed by atoms with Gasteiger partial charge in [0.2, 0.25) is 0 Å². The van der Waals surface area contributed by atoms with E-state index in [1.807, 2.05) is 0 Å². The fraction of sp³-hybridized carbons (Fsp3) is 0.571. The third-order valence-corrected chi connectivity index (χ3v) is 3.37. The molecule has 0 aliphatic rings. The number of nitrogens with one attached hydrogen (secondary N) is 1. The molecule has 0 fully saturated rings. The van der Waals surface area contributed by atoms with E-state index in [-0.39, 0.29) is 10.3 Å². The van der Waals surface area contributed by atoms with Crippen molar-refractivity contribution in [2.24, 2.45) is 0 Å². The van der Waals surface area contributed by atoms with Crippen molar-refractivity contribution in [3.63, 3.8) is 0 Å². The largest absolute Gasteiger partial charge is 0.315 e. The average Bonchev–Trinajstić information content (AvgIpc) is 2.29. The number of halogens is 3. The first kappa shape index (κ1) is 15.6. The van der Waals surface area contributed by atoms with Gasteiger partial charge in [-0.3, -0.25) is 0 Å². The maximum Gasteiger partial charge on any atom is 0.137 e. The first-order valence-electron chi connectivity index (χ1n) is 6.37. The summed E-state index contributed by atoms with van der Waals surface area (Å²) in [4.78, 5) is 0. The lowest BCUT2D eigenvalue weighted by Crippen LogP contribution is -2.23. The van der Waals surface area contributed by atoms with E-state index in [1.165, 1.54) is 12.1 Å². The molecule has 0 aliphatic carbocycles. The molecule has 1 nitrogen and oxygen atoms in total. The van der Waals surface area contributed by atoms with Crippen LogP contribution in [0.25, 0.3) is 0 Å². The number of aryl methyl sites for hydroxylation is 1. The van der Waals surface area contributed by atoms with Gasteiger partial charge in [0.15, 0.2) is 0 Å². The van der Waals surface area contributed by atoms with Crippen LogP contribution in [0.4, 0.5) is 8.78 Å². The van der Waals surface area contributed by atoms with Crippen LogP contribution in [0, 0.1) is 11.6 Å². The molecule has 0 amide bonds. The Labute approximate surface area is 116 Å². The minimum atomic E-state index is -0.395. The standard InChI is InChI=1S/C14H20BrF2N/c1-10(2)18-7-5-3-4-6-11-8-14(17)12(15)9-13(11)16/h8-10,18H,3-7H2,1-2H3. The molecule has 1 N–H and O–H groups in total. The Morgan fingerprint density at radius 3 is 2.50 bits per heavy atom. The van der Waals surface area contributed by atoms with Crippen LogP contribution < -0.4 is 5.32 Å². The lowest BCUT2D eigenvalue weighted by Gasteiger charge is -2.08. The fourth-order valence-corrected chi connectivity index (χ4v) is 2.08. The predicted molar refractivity (Wildman–Crippen MR) is 74.8 cm³/mol. The van der Waals surface area contributed by atoms with E-state index in [0.29, 0.717) is 18.0 Å². The van der Waals surface area contributed by atoms with E-state index in [2.05, 4.69) is 35.1 Å². The van der Waals surface area contributed by atoms with E-state index >= 15 is 0 Å². The van der Waals surface area contributed by atoms with Crippen LogP contribution in [0.3, 0.4) is 0 Å². The number of rotatable bonds is 7. The minimum absolute atomic E-state index is 0.185. The molecule has 0 unspecified atom stereocenters. The Hall–Kier alpha value is -0.480. The highest BCUT2D eigenvalue weighted by Crippen LogP contribution is 2.21. The Morgan fingerprint density at radius 1 is 1.11 bits per heavy atom. The van der Waals surface area contributed by atoms with Gasteiger partial charge in [-0.15, -0.1) is 0 Å². The Morgan fingerprint density at radius 2 is 1.83 bits per heavy atom. The number of unbranched alkanes of at least 4 members (excludes halogenated alkanes) is 2. The highest BCUT2D eigenvalue weighted by atomic mass is 79.9. The van der Waals surface area contributed by atoms with Crippen LogP contribution >= 0.6 is 15.9 Å². The molecule has 0 aliphatic heterocycles. The monoisotopic (exact) mass is 319 g/mol. The Balaban J connectivity index is 2.29. The normalized spacial score (nSPS) is 11.2. The van der Waals surface area contributed by atoms with Crippen molar-refractivity contribution in [3.05, 3.63) is 33.8 Å². The smallest absolute Gasteiger partial charge is 0.137 e. The van der Waals surface area contributed by atoms with Crippen molar-refractivity contribution in [1.29, 1.82) is 0 Å². The maximum absolute atomic E-state index is 13.5. The molecule has 102 valence electrons. The zero-order chi connectivity index (χ0) is 13.5. The first-order valence-corrected chi connectivity index (χ1v) is 7.17. The number of benzene rings is 1. The van der Waals surface area contributed by atoms with Gasteiger partial charge in [0, 0.05) is 6.04 Å². The van der Waals surface area contributed by atoms with Crippen molar-refractivity contribution < 1.29 is 8.78 Å². The molecule has 0 saturated carbocycles. The lowest BCUT2D eigenvalue weighted by molar-refractivity contribution is 0.540. The summed E-state index contributed by atoms with van der Waals surface area (Å²) in [5.74, 6) is -0.726. The molecule has 18 heavy (non-hydrogen) atoms. The van der Waals surface area contributed by atoms with Crippen molar-refractivity contribution >= 4 is 15.9 Å². The van der Waals surface area contributed by atoms with Gasteiger partial charge in [0.05, 0.1) is 4.47 Å². The van der Waals surface area contributed by atoms with E-state index < -0.39 is 5.82 Å². The second kappa shape index (κ2) is 7.85. The van der Waals surface area contributed by atoms with Gasteiger partial charge in [-0.25, -0.2) is 8.78 Å². The number of hydrogen-bond donors (Lipinski definition) is 1. The summed E-state index contributed by atoms with van der Waals surface area (Å²) in [6.07, 6.45) is 3.57. The maximum atomic E-state index is 13.5. The molecule has 0 aromatic heterocycles. The average molecular weight is 320 g/mol.